The Morgan fingerprint density at radius 3 is 2.41 bits per heavy atom. The zero-order valence-corrected chi connectivity index (χ0v) is 24.0. The molecule has 3 fully saturated rings. The highest BCUT2D eigenvalue weighted by Gasteiger charge is 2.57. The first kappa shape index (κ1) is 26.5. The lowest BCUT2D eigenvalue weighted by atomic mass is 9.65. The molecule has 2 aliphatic heterocycles. The minimum absolute atomic E-state index is 0.00158. The van der Waals surface area contributed by atoms with Gasteiger partial charge in [0.05, 0.1) is 19.6 Å². The summed E-state index contributed by atoms with van der Waals surface area (Å²) in [4.78, 5) is 31.8. The van der Waals surface area contributed by atoms with Crippen LogP contribution in [0.25, 0.3) is 11.1 Å². The molecule has 3 atom stereocenters. The van der Waals surface area contributed by atoms with Gasteiger partial charge in [-0.25, -0.2) is 4.79 Å². The Morgan fingerprint density at radius 2 is 1.71 bits per heavy atom. The molecule has 41 heavy (non-hydrogen) atoms. The Kier molecular flexibility index (Phi) is 7.40. The van der Waals surface area contributed by atoms with Gasteiger partial charge in [-0.1, -0.05) is 73.5 Å². The third kappa shape index (κ3) is 5.22. The van der Waals surface area contributed by atoms with Gasteiger partial charge in [0.2, 0.25) is 0 Å². The molecule has 7 heteroatoms. The summed E-state index contributed by atoms with van der Waals surface area (Å²) in [6.07, 6.45) is 8.05. The molecule has 216 valence electrons. The van der Waals surface area contributed by atoms with Gasteiger partial charge in [0.25, 0.3) is 5.56 Å². The number of methoxy groups -OCH3 is 1. The molecule has 3 heterocycles. The molecule has 1 aromatic heterocycles. The first-order chi connectivity index (χ1) is 20.4. The fourth-order valence-electron chi connectivity index (χ4n) is 7.67. The van der Waals surface area contributed by atoms with Crippen LogP contribution >= 0.6 is 0 Å². The molecule has 6 rings (SSSR count). The minimum atomic E-state index is -0.603. The number of nitrogens with zero attached hydrogens (tertiary/aromatic N) is 3. The van der Waals surface area contributed by atoms with Crippen molar-refractivity contribution in [2.24, 2.45) is 11.1 Å². The molecule has 1 spiro atoms. The normalized spacial score (nSPS) is 26.2. The highest BCUT2D eigenvalue weighted by molar-refractivity contribution is 5.75. The van der Waals surface area contributed by atoms with Crippen LogP contribution in [0.3, 0.4) is 0 Å². The van der Waals surface area contributed by atoms with Crippen molar-refractivity contribution in [1.82, 2.24) is 14.4 Å². The molecule has 0 radical (unpaired) electrons. The number of nitrogens with two attached hydrogens (primary N) is 1. The monoisotopic (exact) mass is 555 g/mol. The molecule has 1 aliphatic carbocycles. The van der Waals surface area contributed by atoms with Crippen LogP contribution in [0.1, 0.15) is 57.9 Å². The number of likely N-dealkylation sites (tertiary alicyclic amines) is 2. The summed E-state index contributed by atoms with van der Waals surface area (Å²) in [5.74, 6) is 0. The van der Waals surface area contributed by atoms with Crippen LogP contribution in [0, 0.1) is 5.41 Å². The number of urea groups is 1. The molecule has 1 saturated carbocycles. The molecule has 7 nitrogen and oxygen atoms in total. The quantitative estimate of drug-likeness (QED) is 0.454. The van der Waals surface area contributed by atoms with Gasteiger partial charge in [-0.2, -0.15) is 0 Å². The van der Waals surface area contributed by atoms with E-state index in [2.05, 4.69) is 12.1 Å². The van der Waals surface area contributed by atoms with Crippen LogP contribution in [0.2, 0.25) is 0 Å². The number of hydrogen-bond acceptors (Lipinski definition) is 4. The molecule has 2 amide bonds. The van der Waals surface area contributed by atoms with E-state index in [1.807, 2.05) is 70.6 Å². The summed E-state index contributed by atoms with van der Waals surface area (Å²) < 4.78 is 16.8. The molecular weight excluding hydrogens is 512 g/mol. The topological polar surface area (TPSA) is 80.8 Å². The summed E-state index contributed by atoms with van der Waals surface area (Å²) in [6, 6.07) is 21.8. The lowest BCUT2D eigenvalue weighted by Gasteiger charge is -2.55. The van der Waals surface area contributed by atoms with Crippen molar-refractivity contribution in [2.75, 3.05) is 26.7 Å². The number of pyridine rings is 1. The minimum Gasteiger partial charge on any atom is -0.376 e. The number of ether oxygens (including phenoxy) is 1. The highest BCUT2D eigenvalue weighted by Crippen LogP contribution is 2.53. The largest absolute Gasteiger partial charge is 0.376 e. The lowest BCUT2D eigenvalue weighted by molar-refractivity contribution is -0.159. The zero-order chi connectivity index (χ0) is 29.3. The second kappa shape index (κ2) is 11.5. The van der Waals surface area contributed by atoms with E-state index in [0.29, 0.717) is 38.2 Å². The molecule has 2 saturated heterocycles. The van der Waals surface area contributed by atoms with Crippen LogP contribution in [0.15, 0.2) is 83.8 Å². The Bertz CT molecular complexity index is 1460. The number of carbonyl (C=O) groups excluding carboxylic acids is 1. The predicted molar refractivity (Wildman–Crippen MR) is 161 cm³/mol. The highest BCUT2D eigenvalue weighted by atomic mass is 16.5. The van der Waals surface area contributed by atoms with Gasteiger partial charge >= 0.3 is 6.03 Å². The SMILES string of the molecule is [2H]c1c(-c2ccccc2)ccn(C[C@]2(OC)CCN(C(=O)N3CC[C@@H](N)C[C@H]3c3ccccc3)CC23CCCC3)c1=O. The number of amides is 2. The van der Waals surface area contributed by atoms with E-state index in [1.54, 1.807) is 11.7 Å². The lowest BCUT2D eigenvalue weighted by Crippen LogP contribution is -2.64. The van der Waals surface area contributed by atoms with Gasteiger partial charge in [0.15, 0.2) is 0 Å². The molecule has 0 unspecified atom stereocenters. The van der Waals surface area contributed by atoms with E-state index in [4.69, 9.17) is 11.8 Å². The maximum Gasteiger partial charge on any atom is 0.320 e. The van der Waals surface area contributed by atoms with Crippen molar-refractivity contribution in [2.45, 2.75) is 69.2 Å². The predicted octanol–water partition coefficient (Wildman–Crippen LogP) is 5.45. The van der Waals surface area contributed by atoms with Crippen molar-refractivity contribution >= 4 is 6.03 Å². The van der Waals surface area contributed by atoms with Crippen LogP contribution in [-0.2, 0) is 11.3 Å². The number of hydrogen-bond donors (Lipinski definition) is 1. The van der Waals surface area contributed by atoms with E-state index in [-0.39, 0.29) is 35.1 Å². The third-order valence-corrected chi connectivity index (χ3v) is 9.97. The van der Waals surface area contributed by atoms with Gasteiger partial charge in [-0.15, -0.1) is 0 Å². The maximum absolute atomic E-state index is 14.2. The Hall–Kier alpha value is -3.42. The number of piperidine rings is 2. The van der Waals surface area contributed by atoms with E-state index < -0.39 is 5.60 Å². The number of aromatic nitrogens is 1. The number of carbonyl (C=O) groups is 1. The van der Waals surface area contributed by atoms with Crippen LogP contribution in [-0.4, -0.2) is 58.8 Å². The number of benzene rings is 2. The standard InChI is InChI=1S/C34H42N4O3/c1-41-34(25-36-19-14-28(22-31(36)39)26-10-4-2-5-11-26)18-21-37(24-33(34)16-8-9-17-33)32(40)38-20-15-29(35)23-30(38)27-12-6-3-7-13-27/h2-7,10-14,19,22,29-30H,8-9,15-18,20-21,23-25,35H2,1H3/t29-,30+,34-/m1/s1/i22D. The van der Waals surface area contributed by atoms with E-state index in [1.165, 1.54) is 0 Å². The first-order valence-corrected chi connectivity index (χ1v) is 15.0. The summed E-state index contributed by atoms with van der Waals surface area (Å²) in [7, 11) is 1.75. The Balaban J connectivity index is 1.27. The van der Waals surface area contributed by atoms with Crippen molar-refractivity contribution in [3.05, 3.63) is 94.9 Å². The summed E-state index contributed by atoms with van der Waals surface area (Å²) in [6.45, 7) is 2.18. The average molecular weight is 556 g/mol. The molecule has 3 aromatic rings. The number of rotatable bonds is 5. The van der Waals surface area contributed by atoms with Gasteiger partial charge in [-0.05, 0) is 54.9 Å². The molecule has 2 aromatic carbocycles. The van der Waals surface area contributed by atoms with Crippen LogP contribution in [0.5, 0.6) is 0 Å². The molecule has 0 bridgehead atoms. The van der Waals surface area contributed by atoms with E-state index >= 15 is 0 Å². The van der Waals surface area contributed by atoms with Crippen molar-refractivity contribution in [3.8, 4) is 11.1 Å². The van der Waals surface area contributed by atoms with Gasteiger partial charge in [-0.3, -0.25) is 4.79 Å². The second-order valence-corrected chi connectivity index (χ2v) is 12.2. The van der Waals surface area contributed by atoms with Crippen molar-refractivity contribution < 1.29 is 10.9 Å². The fraction of sp³-hybridized carbons (Fsp3) is 0.471. The Morgan fingerprint density at radius 1 is 1.00 bits per heavy atom. The Labute approximate surface area is 244 Å². The smallest absolute Gasteiger partial charge is 0.320 e. The van der Waals surface area contributed by atoms with Crippen LogP contribution < -0.4 is 11.3 Å². The van der Waals surface area contributed by atoms with E-state index in [0.717, 1.165) is 49.7 Å². The van der Waals surface area contributed by atoms with Gasteiger partial charge in [0, 0.05) is 50.4 Å². The maximum atomic E-state index is 14.2. The summed E-state index contributed by atoms with van der Waals surface area (Å²) in [5.41, 5.74) is 7.83. The van der Waals surface area contributed by atoms with Gasteiger partial charge < -0.3 is 24.8 Å². The van der Waals surface area contributed by atoms with Crippen LogP contribution in [0.4, 0.5) is 4.79 Å². The fourth-order valence-corrected chi connectivity index (χ4v) is 7.67. The second-order valence-electron chi connectivity index (χ2n) is 12.2. The first-order valence-electron chi connectivity index (χ1n) is 15.5. The molecule has 3 aliphatic rings. The average Bonchev–Trinajstić information content (AvgIpc) is 3.50. The summed E-state index contributed by atoms with van der Waals surface area (Å²) >= 11 is 0. The molecular formula is C34H42N4O3. The summed E-state index contributed by atoms with van der Waals surface area (Å²) in [5, 5.41) is 0. The van der Waals surface area contributed by atoms with E-state index in [9.17, 15) is 9.59 Å². The zero-order valence-electron chi connectivity index (χ0n) is 25.0. The third-order valence-electron chi connectivity index (χ3n) is 9.97. The van der Waals surface area contributed by atoms with Crippen molar-refractivity contribution in [3.63, 3.8) is 0 Å². The molecule has 2 N–H and O–H groups in total. The van der Waals surface area contributed by atoms with Crippen molar-refractivity contribution in [1.29, 1.82) is 0 Å². The van der Waals surface area contributed by atoms with Gasteiger partial charge in [0.1, 0.15) is 0 Å².